The van der Waals surface area contributed by atoms with Crippen LogP contribution in [-0.4, -0.2) is 56.2 Å². The minimum atomic E-state index is -0.797. The van der Waals surface area contributed by atoms with E-state index in [2.05, 4.69) is 15.4 Å². The maximum atomic E-state index is 13.5. The first-order chi connectivity index (χ1) is 15.9. The molecule has 2 unspecified atom stereocenters. The number of hydrogen-bond donors (Lipinski definition) is 2. The average molecular weight is 465 g/mol. The van der Waals surface area contributed by atoms with Crippen LogP contribution in [-0.2, 0) is 16.1 Å². The summed E-state index contributed by atoms with van der Waals surface area (Å²) < 4.78 is 1.45. The third-order valence-electron chi connectivity index (χ3n) is 5.90. The van der Waals surface area contributed by atoms with Crippen molar-refractivity contribution in [3.8, 4) is 0 Å². The summed E-state index contributed by atoms with van der Waals surface area (Å²) in [5.41, 5.74) is 7.28. The van der Waals surface area contributed by atoms with Crippen molar-refractivity contribution in [1.29, 1.82) is 0 Å². The first kappa shape index (κ1) is 21.1. The number of fused-ring (bicyclic) bond motifs is 2. The number of carbonyl (C=O) groups is 3. The fourth-order valence-corrected chi connectivity index (χ4v) is 4.69. The first-order valence-corrected chi connectivity index (χ1v) is 11.0. The smallest absolute Gasteiger partial charge is 0.269 e. The molecular weight excluding hydrogens is 444 g/mol. The van der Waals surface area contributed by atoms with Gasteiger partial charge in [-0.25, -0.2) is 0 Å². The molecule has 1 aromatic heterocycles. The van der Waals surface area contributed by atoms with E-state index in [1.54, 1.807) is 42.6 Å². The molecule has 3 amide bonds. The van der Waals surface area contributed by atoms with Gasteiger partial charge in [-0.1, -0.05) is 42.0 Å². The monoisotopic (exact) mass is 464 g/mol. The summed E-state index contributed by atoms with van der Waals surface area (Å²) in [6.07, 6.45) is 10.1. The summed E-state index contributed by atoms with van der Waals surface area (Å²) in [6.45, 7) is -0.157. The van der Waals surface area contributed by atoms with Gasteiger partial charge in [0.2, 0.25) is 11.8 Å². The Bertz CT molecular complexity index is 1290. The maximum absolute atomic E-state index is 13.5. The maximum Gasteiger partial charge on any atom is 0.269 e. The molecular formula is C23H21ClN6O3. The summed E-state index contributed by atoms with van der Waals surface area (Å²) in [4.78, 5) is 44.0. The highest BCUT2D eigenvalue weighted by molar-refractivity contribution is 6.21. The molecule has 33 heavy (non-hydrogen) atoms. The zero-order valence-electron chi connectivity index (χ0n) is 17.5. The van der Waals surface area contributed by atoms with Crippen LogP contribution < -0.4 is 11.1 Å². The van der Waals surface area contributed by atoms with Crippen LogP contribution in [0, 0.1) is 0 Å². The number of hydrogen-bond acceptors (Lipinski definition) is 5. The van der Waals surface area contributed by atoms with Crippen LogP contribution in [0.1, 0.15) is 23.3 Å². The van der Waals surface area contributed by atoms with E-state index in [1.807, 2.05) is 12.2 Å². The predicted molar refractivity (Wildman–Crippen MR) is 123 cm³/mol. The largest absolute Gasteiger partial charge is 0.364 e. The van der Waals surface area contributed by atoms with Crippen molar-refractivity contribution >= 4 is 46.4 Å². The van der Waals surface area contributed by atoms with E-state index in [0.717, 1.165) is 5.57 Å². The Labute approximate surface area is 194 Å². The Morgan fingerprint density at radius 3 is 2.85 bits per heavy atom. The number of rotatable bonds is 5. The molecule has 2 aliphatic heterocycles. The molecule has 0 radical (unpaired) electrons. The first-order valence-electron chi connectivity index (χ1n) is 10.6. The lowest BCUT2D eigenvalue weighted by molar-refractivity contribution is -0.136. The Kier molecular flexibility index (Phi) is 5.33. The second kappa shape index (κ2) is 8.32. The number of benzene rings is 1. The lowest BCUT2D eigenvalue weighted by atomic mass is 10.1. The Morgan fingerprint density at radius 2 is 2.06 bits per heavy atom. The summed E-state index contributed by atoms with van der Waals surface area (Å²) in [5.74, 6) is -1.29. The highest BCUT2D eigenvalue weighted by Gasteiger charge is 2.39. The molecule has 1 aromatic carbocycles. The lowest BCUT2D eigenvalue weighted by Crippen LogP contribution is -2.50. The number of nitrogens with zero attached hydrogens (tertiary/aromatic N) is 4. The minimum Gasteiger partial charge on any atom is -0.364 e. The molecule has 0 saturated heterocycles. The van der Waals surface area contributed by atoms with Crippen LogP contribution in [0.25, 0.3) is 10.9 Å². The molecule has 0 saturated carbocycles. The van der Waals surface area contributed by atoms with Crippen LogP contribution >= 0.6 is 11.6 Å². The number of alkyl halides is 1. The molecule has 3 N–H and O–H groups in total. The molecule has 3 heterocycles. The van der Waals surface area contributed by atoms with Crippen molar-refractivity contribution in [2.75, 3.05) is 0 Å². The molecule has 5 rings (SSSR count). The lowest BCUT2D eigenvalue weighted by Gasteiger charge is -2.28. The fourth-order valence-electron chi connectivity index (χ4n) is 4.39. The van der Waals surface area contributed by atoms with Gasteiger partial charge in [-0.2, -0.15) is 5.10 Å². The van der Waals surface area contributed by atoms with E-state index in [9.17, 15) is 14.4 Å². The van der Waals surface area contributed by atoms with Gasteiger partial charge in [-0.15, -0.1) is 0 Å². The number of allylic oxidation sites excluding steroid dienone is 3. The Hall–Kier alpha value is -3.72. The SMILES string of the molecule is NC(=O)c1nn(CC(=O)N2C3=CC=CC3=C[C@H]2C(=O)NC2CC=NC(Cl)C2)c2ccccc12. The highest BCUT2D eigenvalue weighted by Crippen LogP contribution is 2.33. The standard InChI is InChI=1S/C23H21ClN6O3/c24-19-11-14(8-9-26-19)27-23(33)18-10-13-4-3-7-16(13)30(18)20(31)12-29-17-6-2-1-5-15(17)21(28-29)22(25)32/h1-7,9-10,14,18-19H,8,11-12H2,(H2,25,32)(H,27,33)/t14?,18-,19?/m0/s1. The highest BCUT2D eigenvalue weighted by atomic mass is 35.5. The number of aromatic nitrogens is 2. The molecule has 1 aliphatic carbocycles. The van der Waals surface area contributed by atoms with Gasteiger partial charge in [-0.05, 0) is 23.8 Å². The van der Waals surface area contributed by atoms with Crippen LogP contribution in [0.5, 0.6) is 0 Å². The molecule has 9 nitrogen and oxygen atoms in total. The number of halogens is 1. The second-order valence-corrected chi connectivity index (χ2v) is 8.58. The van der Waals surface area contributed by atoms with Crippen molar-refractivity contribution in [2.24, 2.45) is 10.7 Å². The third kappa shape index (κ3) is 3.84. The molecule has 2 aromatic rings. The Morgan fingerprint density at radius 1 is 1.24 bits per heavy atom. The van der Waals surface area contributed by atoms with Crippen molar-refractivity contribution in [3.63, 3.8) is 0 Å². The van der Waals surface area contributed by atoms with E-state index >= 15 is 0 Å². The molecule has 3 atom stereocenters. The molecule has 0 fully saturated rings. The third-order valence-corrected chi connectivity index (χ3v) is 6.19. The zero-order chi connectivity index (χ0) is 23.1. The summed E-state index contributed by atoms with van der Waals surface area (Å²) >= 11 is 6.09. The molecule has 10 heteroatoms. The van der Waals surface area contributed by atoms with Gasteiger partial charge < -0.3 is 11.1 Å². The number of primary amides is 1. The second-order valence-electron chi connectivity index (χ2n) is 8.07. The number of amides is 3. The molecule has 0 bridgehead atoms. The van der Waals surface area contributed by atoms with Crippen molar-refractivity contribution in [3.05, 3.63) is 65.5 Å². The number of carbonyl (C=O) groups excluding carboxylic acids is 3. The van der Waals surface area contributed by atoms with E-state index in [0.29, 0.717) is 29.4 Å². The topological polar surface area (TPSA) is 123 Å². The normalized spacial score (nSPS) is 23.4. The van der Waals surface area contributed by atoms with E-state index < -0.39 is 11.9 Å². The van der Waals surface area contributed by atoms with Crippen molar-refractivity contribution in [1.82, 2.24) is 20.0 Å². The average Bonchev–Trinajstić information content (AvgIpc) is 3.47. The van der Waals surface area contributed by atoms with Crippen LogP contribution in [0.2, 0.25) is 0 Å². The summed E-state index contributed by atoms with van der Waals surface area (Å²) in [6, 6.07) is 6.12. The van der Waals surface area contributed by atoms with Gasteiger partial charge in [-0.3, -0.25) is 29.0 Å². The number of aliphatic imine (C=N–C) groups is 1. The summed E-state index contributed by atoms with van der Waals surface area (Å²) in [5, 5.41) is 7.83. The number of para-hydroxylation sites is 1. The zero-order valence-corrected chi connectivity index (χ0v) is 18.3. The summed E-state index contributed by atoms with van der Waals surface area (Å²) in [7, 11) is 0. The van der Waals surface area contributed by atoms with Crippen molar-refractivity contribution in [2.45, 2.75) is 37.0 Å². The number of nitrogens with two attached hydrogens (primary N) is 1. The molecule has 0 spiro atoms. The number of nitrogens with one attached hydrogen (secondary N) is 1. The molecule has 168 valence electrons. The van der Waals surface area contributed by atoms with Gasteiger partial charge in [0.25, 0.3) is 5.91 Å². The van der Waals surface area contributed by atoms with Gasteiger partial charge in [0, 0.05) is 30.5 Å². The van der Waals surface area contributed by atoms with E-state index in [4.69, 9.17) is 17.3 Å². The van der Waals surface area contributed by atoms with Crippen LogP contribution in [0.3, 0.4) is 0 Å². The van der Waals surface area contributed by atoms with Crippen LogP contribution in [0.15, 0.2) is 64.8 Å². The van der Waals surface area contributed by atoms with Gasteiger partial charge in [0.15, 0.2) is 5.69 Å². The van der Waals surface area contributed by atoms with Gasteiger partial charge in [0.1, 0.15) is 18.1 Å². The Balaban J connectivity index is 1.41. The minimum absolute atomic E-state index is 0.101. The van der Waals surface area contributed by atoms with Gasteiger partial charge in [0.05, 0.1) is 11.2 Å². The van der Waals surface area contributed by atoms with E-state index in [-0.39, 0.29) is 35.6 Å². The molecule has 3 aliphatic rings. The van der Waals surface area contributed by atoms with Crippen LogP contribution in [0.4, 0.5) is 0 Å². The van der Waals surface area contributed by atoms with Crippen molar-refractivity contribution < 1.29 is 14.4 Å². The predicted octanol–water partition coefficient (Wildman–Crippen LogP) is 1.64. The fraction of sp³-hybridized carbons (Fsp3) is 0.261. The quantitative estimate of drug-likeness (QED) is 0.515. The van der Waals surface area contributed by atoms with Gasteiger partial charge >= 0.3 is 0 Å². The van der Waals surface area contributed by atoms with E-state index in [1.165, 1.54) is 9.58 Å².